The van der Waals surface area contributed by atoms with Gasteiger partial charge in [-0.2, -0.15) is 0 Å². The molecule has 1 saturated heterocycles. The minimum atomic E-state index is 0.313. The summed E-state index contributed by atoms with van der Waals surface area (Å²) >= 11 is 7.97. The maximum absolute atomic E-state index is 6.25. The van der Waals surface area contributed by atoms with E-state index in [0.717, 1.165) is 48.4 Å². The topological polar surface area (TPSA) is 49.8 Å². The van der Waals surface area contributed by atoms with Crippen LogP contribution < -0.4 is 10.6 Å². The highest BCUT2D eigenvalue weighted by Crippen LogP contribution is 2.42. The molecule has 3 aromatic rings. The number of piperidine rings is 1. The molecule has 1 aliphatic heterocycles. The highest BCUT2D eigenvalue weighted by molar-refractivity contribution is 7.19. The SMILES string of the molecule is CCc1sc2nc(Cl)nc(NC3CCNCC3)c2c1-c1ccc(C)cc1. The Hall–Kier alpha value is -1.69. The number of thiophene rings is 1. The first-order valence-corrected chi connectivity index (χ1v) is 10.4. The number of benzene rings is 1. The van der Waals surface area contributed by atoms with Gasteiger partial charge in [0, 0.05) is 16.5 Å². The van der Waals surface area contributed by atoms with Gasteiger partial charge in [-0.1, -0.05) is 36.8 Å². The Bertz CT molecular complexity index is 914. The summed E-state index contributed by atoms with van der Waals surface area (Å²) in [5.41, 5.74) is 3.73. The van der Waals surface area contributed by atoms with E-state index < -0.39 is 0 Å². The van der Waals surface area contributed by atoms with Crippen molar-refractivity contribution in [1.29, 1.82) is 0 Å². The van der Waals surface area contributed by atoms with E-state index in [1.165, 1.54) is 21.6 Å². The Morgan fingerprint density at radius 1 is 1.19 bits per heavy atom. The van der Waals surface area contributed by atoms with Gasteiger partial charge in [-0.05, 0) is 56.4 Å². The molecule has 1 aromatic carbocycles. The minimum Gasteiger partial charge on any atom is -0.367 e. The van der Waals surface area contributed by atoms with E-state index >= 15 is 0 Å². The molecule has 3 heterocycles. The van der Waals surface area contributed by atoms with Gasteiger partial charge in [0.25, 0.3) is 0 Å². The van der Waals surface area contributed by atoms with Crippen molar-refractivity contribution in [3.63, 3.8) is 0 Å². The summed E-state index contributed by atoms with van der Waals surface area (Å²) in [5, 5.41) is 8.49. The predicted octanol–water partition coefficient (Wildman–Crippen LogP) is 5.05. The molecule has 2 aromatic heterocycles. The quantitative estimate of drug-likeness (QED) is 0.616. The highest BCUT2D eigenvalue weighted by atomic mass is 35.5. The van der Waals surface area contributed by atoms with Crippen LogP contribution in [0.15, 0.2) is 24.3 Å². The fourth-order valence-electron chi connectivity index (χ4n) is 3.56. The first-order valence-electron chi connectivity index (χ1n) is 9.19. The maximum Gasteiger partial charge on any atom is 0.225 e. The number of rotatable bonds is 4. The zero-order valence-corrected chi connectivity index (χ0v) is 16.7. The van der Waals surface area contributed by atoms with E-state index in [4.69, 9.17) is 11.6 Å². The fourth-order valence-corrected chi connectivity index (χ4v) is 4.91. The lowest BCUT2D eigenvalue weighted by Gasteiger charge is -2.24. The molecule has 136 valence electrons. The predicted molar refractivity (Wildman–Crippen MR) is 111 cm³/mol. The molecule has 0 radical (unpaired) electrons. The van der Waals surface area contributed by atoms with E-state index in [-0.39, 0.29) is 0 Å². The molecule has 4 nitrogen and oxygen atoms in total. The number of fused-ring (bicyclic) bond motifs is 1. The van der Waals surface area contributed by atoms with Crippen LogP contribution in [-0.4, -0.2) is 29.1 Å². The van der Waals surface area contributed by atoms with E-state index in [1.54, 1.807) is 11.3 Å². The number of anilines is 1. The van der Waals surface area contributed by atoms with Gasteiger partial charge in [0.1, 0.15) is 10.6 Å². The van der Waals surface area contributed by atoms with Crippen molar-refractivity contribution in [3.05, 3.63) is 40.0 Å². The summed E-state index contributed by atoms with van der Waals surface area (Å²) in [7, 11) is 0. The molecule has 0 aliphatic carbocycles. The molecular weight excluding hydrogens is 364 g/mol. The standard InChI is InChI=1S/C20H23ClN4S/c1-3-15-16(13-6-4-12(2)5-7-13)17-18(23-14-8-10-22-11-9-14)24-20(21)25-19(17)26-15/h4-7,14,22H,3,8-11H2,1-2H3,(H,23,24,25). The average molecular weight is 387 g/mol. The Morgan fingerprint density at radius 2 is 1.92 bits per heavy atom. The molecule has 0 amide bonds. The lowest BCUT2D eigenvalue weighted by molar-refractivity contribution is 0.478. The number of hydrogen-bond acceptors (Lipinski definition) is 5. The highest BCUT2D eigenvalue weighted by Gasteiger charge is 2.21. The second-order valence-corrected chi connectivity index (χ2v) is 8.23. The van der Waals surface area contributed by atoms with Crippen LogP contribution in [-0.2, 0) is 6.42 Å². The van der Waals surface area contributed by atoms with Crippen LogP contribution in [0.3, 0.4) is 0 Å². The van der Waals surface area contributed by atoms with Crippen molar-refractivity contribution in [1.82, 2.24) is 15.3 Å². The summed E-state index contributed by atoms with van der Waals surface area (Å²) in [6, 6.07) is 9.13. The van der Waals surface area contributed by atoms with Crippen molar-refractivity contribution in [2.24, 2.45) is 0 Å². The number of aryl methyl sites for hydroxylation is 2. The first-order chi connectivity index (χ1) is 12.7. The van der Waals surface area contributed by atoms with Crippen LogP contribution >= 0.6 is 22.9 Å². The van der Waals surface area contributed by atoms with Crippen molar-refractivity contribution < 1.29 is 0 Å². The van der Waals surface area contributed by atoms with E-state index in [1.807, 2.05) is 0 Å². The third-order valence-corrected chi connectivity index (χ3v) is 6.34. The number of nitrogens with zero attached hydrogens (tertiary/aromatic N) is 2. The van der Waals surface area contributed by atoms with E-state index in [9.17, 15) is 0 Å². The van der Waals surface area contributed by atoms with Crippen molar-refractivity contribution in [2.45, 2.75) is 39.2 Å². The van der Waals surface area contributed by atoms with Gasteiger partial charge in [-0.15, -0.1) is 11.3 Å². The van der Waals surface area contributed by atoms with Gasteiger partial charge in [-0.3, -0.25) is 0 Å². The van der Waals surface area contributed by atoms with Gasteiger partial charge in [0.2, 0.25) is 5.28 Å². The fraction of sp³-hybridized carbons (Fsp3) is 0.400. The molecule has 4 rings (SSSR count). The Balaban J connectivity index is 1.87. The van der Waals surface area contributed by atoms with Crippen LogP contribution in [0.25, 0.3) is 21.3 Å². The van der Waals surface area contributed by atoms with Crippen LogP contribution in [0, 0.1) is 6.92 Å². The zero-order valence-electron chi connectivity index (χ0n) is 15.1. The van der Waals surface area contributed by atoms with Crippen molar-refractivity contribution in [3.8, 4) is 11.1 Å². The molecule has 0 spiro atoms. The summed E-state index contributed by atoms with van der Waals surface area (Å²) in [4.78, 5) is 11.4. The maximum atomic E-state index is 6.25. The van der Waals surface area contributed by atoms with Gasteiger partial charge in [0.15, 0.2) is 0 Å². The normalized spacial score (nSPS) is 15.5. The van der Waals surface area contributed by atoms with Crippen molar-refractivity contribution in [2.75, 3.05) is 18.4 Å². The van der Waals surface area contributed by atoms with Crippen LogP contribution in [0.1, 0.15) is 30.2 Å². The summed E-state index contributed by atoms with van der Waals surface area (Å²) in [6.07, 6.45) is 3.15. The van der Waals surface area contributed by atoms with Gasteiger partial charge >= 0.3 is 0 Å². The van der Waals surface area contributed by atoms with Gasteiger partial charge in [-0.25, -0.2) is 9.97 Å². The van der Waals surface area contributed by atoms with Gasteiger partial charge in [0.05, 0.1) is 5.39 Å². The molecule has 6 heteroatoms. The largest absolute Gasteiger partial charge is 0.367 e. The second-order valence-electron chi connectivity index (χ2n) is 6.81. The molecule has 26 heavy (non-hydrogen) atoms. The monoisotopic (exact) mass is 386 g/mol. The Labute approximate surface area is 163 Å². The lowest BCUT2D eigenvalue weighted by atomic mass is 10.0. The molecule has 2 N–H and O–H groups in total. The third kappa shape index (κ3) is 3.43. The van der Waals surface area contributed by atoms with Crippen LogP contribution in [0.4, 0.5) is 5.82 Å². The average Bonchev–Trinajstić information content (AvgIpc) is 3.02. The van der Waals surface area contributed by atoms with Gasteiger partial charge < -0.3 is 10.6 Å². The Kier molecular flexibility index (Phi) is 5.11. The number of aromatic nitrogens is 2. The summed E-state index contributed by atoms with van der Waals surface area (Å²) in [5.74, 6) is 0.874. The third-order valence-electron chi connectivity index (χ3n) is 4.94. The molecule has 1 fully saturated rings. The first kappa shape index (κ1) is 17.7. The summed E-state index contributed by atoms with van der Waals surface area (Å²) < 4.78 is 0. The molecule has 0 unspecified atom stereocenters. The smallest absolute Gasteiger partial charge is 0.225 e. The van der Waals surface area contributed by atoms with Crippen molar-refractivity contribution >= 4 is 39.0 Å². The molecule has 0 saturated carbocycles. The number of nitrogens with one attached hydrogen (secondary N) is 2. The molecular formula is C20H23ClN4S. The Morgan fingerprint density at radius 3 is 2.62 bits per heavy atom. The zero-order chi connectivity index (χ0) is 18.1. The molecule has 0 atom stereocenters. The number of halogens is 1. The number of hydrogen-bond donors (Lipinski definition) is 2. The second kappa shape index (κ2) is 7.51. The minimum absolute atomic E-state index is 0.313. The molecule has 1 aliphatic rings. The van der Waals surface area contributed by atoms with Crippen LogP contribution in [0.5, 0.6) is 0 Å². The lowest BCUT2D eigenvalue weighted by Crippen LogP contribution is -2.35. The van der Waals surface area contributed by atoms with E-state index in [2.05, 4.69) is 58.7 Å². The van der Waals surface area contributed by atoms with E-state index in [0.29, 0.717) is 11.3 Å². The van der Waals surface area contributed by atoms with Crippen LogP contribution in [0.2, 0.25) is 5.28 Å². The summed E-state index contributed by atoms with van der Waals surface area (Å²) in [6.45, 7) is 6.38. The molecule has 0 bridgehead atoms.